The van der Waals surface area contributed by atoms with Crippen molar-refractivity contribution in [3.63, 3.8) is 0 Å². The maximum atomic E-state index is 12.5. The van der Waals surface area contributed by atoms with Gasteiger partial charge >= 0.3 is 0 Å². The lowest BCUT2D eigenvalue weighted by Crippen LogP contribution is -2.28. The minimum absolute atomic E-state index is 0.00761. The molecule has 1 fully saturated rings. The molecule has 1 aliphatic rings. The minimum atomic E-state index is -0.446. The van der Waals surface area contributed by atoms with E-state index < -0.39 is 4.92 Å². The molecule has 24 heavy (non-hydrogen) atoms. The number of pyridine rings is 1. The van der Waals surface area contributed by atoms with Gasteiger partial charge in [0.15, 0.2) is 0 Å². The summed E-state index contributed by atoms with van der Waals surface area (Å²) in [7, 11) is 0. The number of aromatic nitrogens is 1. The van der Waals surface area contributed by atoms with Gasteiger partial charge in [0.2, 0.25) is 5.91 Å². The summed E-state index contributed by atoms with van der Waals surface area (Å²) in [5.41, 5.74) is 1.43. The second-order valence-corrected chi connectivity index (χ2v) is 5.63. The van der Waals surface area contributed by atoms with Gasteiger partial charge in [-0.25, -0.2) is 0 Å². The van der Waals surface area contributed by atoms with E-state index >= 15 is 0 Å². The van der Waals surface area contributed by atoms with Gasteiger partial charge in [-0.05, 0) is 36.6 Å². The number of likely N-dealkylation sites (tertiary alicyclic amines) is 1. The highest BCUT2D eigenvalue weighted by Gasteiger charge is 2.28. The molecule has 3 rings (SSSR count). The standard InChI is InChI=1S/C18H17N3O3/c22-18(10-9-14-5-1-2-7-17(14)21(23)24)20-12-4-8-16(20)15-6-3-11-19-13-15/h1-3,5-7,9-11,13,16H,4,8,12H2. The Morgan fingerprint density at radius 2 is 2.12 bits per heavy atom. The molecule has 0 N–H and O–H groups in total. The molecule has 1 aromatic carbocycles. The van der Waals surface area contributed by atoms with Gasteiger partial charge in [-0.1, -0.05) is 18.2 Å². The van der Waals surface area contributed by atoms with Gasteiger partial charge in [0.1, 0.15) is 0 Å². The number of nitro benzene ring substituents is 1. The second-order valence-electron chi connectivity index (χ2n) is 5.63. The molecule has 1 atom stereocenters. The number of carbonyl (C=O) groups excluding carboxylic acids is 1. The first-order valence-corrected chi connectivity index (χ1v) is 7.79. The van der Waals surface area contributed by atoms with E-state index in [0.29, 0.717) is 12.1 Å². The Morgan fingerprint density at radius 3 is 2.88 bits per heavy atom. The fourth-order valence-electron chi connectivity index (χ4n) is 3.00. The Balaban J connectivity index is 1.78. The maximum Gasteiger partial charge on any atom is 0.276 e. The van der Waals surface area contributed by atoms with Crippen molar-refractivity contribution in [3.05, 3.63) is 76.1 Å². The van der Waals surface area contributed by atoms with Gasteiger partial charge in [0, 0.05) is 31.1 Å². The van der Waals surface area contributed by atoms with Crippen LogP contribution in [0.1, 0.15) is 30.0 Å². The lowest BCUT2D eigenvalue weighted by molar-refractivity contribution is -0.385. The van der Waals surface area contributed by atoms with Gasteiger partial charge in [-0.3, -0.25) is 19.9 Å². The minimum Gasteiger partial charge on any atom is -0.332 e. The van der Waals surface area contributed by atoms with Crippen molar-refractivity contribution in [3.8, 4) is 0 Å². The molecular weight excluding hydrogens is 306 g/mol. The van der Waals surface area contributed by atoms with Crippen LogP contribution in [0.4, 0.5) is 5.69 Å². The first-order chi connectivity index (χ1) is 11.7. The number of rotatable bonds is 4. The average Bonchev–Trinajstić information content (AvgIpc) is 3.10. The van der Waals surface area contributed by atoms with E-state index in [0.717, 1.165) is 18.4 Å². The molecule has 0 spiro atoms. The highest BCUT2D eigenvalue weighted by atomic mass is 16.6. The van der Waals surface area contributed by atoms with Gasteiger partial charge in [0.25, 0.3) is 5.69 Å². The Hall–Kier alpha value is -3.02. The fourth-order valence-corrected chi connectivity index (χ4v) is 3.00. The summed E-state index contributed by atoms with van der Waals surface area (Å²) in [6, 6.07) is 10.2. The van der Waals surface area contributed by atoms with E-state index in [1.165, 1.54) is 18.2 Å². The van der Waals surface area contributed by atoms with Gasteiger partial charge in [-0.15, -0.1) is 0 Å². The Labute approximate surface area is 139 Å². The van der Waals surface area contributed by atoms with Crippen LogP contribution in [-0.2, 0) is 4.79 Å². The molecule has 2 aromatic rings. The van der Waals surface area contributed by atoms with Crippen LogP contribution in [0.2, 0.25) is 0 Å². The lowest BCUT2D eigenvalue weighted by Gasteiger charge is -2.23. The molecule has 1 amide bonds. The third-order valence-corrected chi connectivity index (χ3v) is 4.14. The molecule has 0 saturated carbocycles. The summed E-state index contributed by atoms with van der Waals surface area (Å²) >= 11 is 0. The van der Waals surface area contributed by atoms with Crippen molar-refractivity contribution in [2.75, 3.05) is 6.54 Å². The number of carbonyl (C=O) groups is 1. The molecule has 0 aliphatic carbocycles. The summed E-state index contributed by atoms with van der Waals surface area (Å²) in [6.45, 7) is 0.680. The lowest BCUT2D eigenvalue weighted by atomic mass is 10.1. The van der Waals surface area contributed by atoms with Gasteiger partial charge in [-0.2, -0.15) is 0 Å². The van der Waals surface area contributed by atoms with Crippen LogP contribution in [0.3, 0.4) is 0 Å². The number of para-hydroxylation sites is 1. The quantitative estimate of drug-likeness (QED) is 0.491. The summed E-state index contributed by atoms with van der Waals surface area (Å²) < 4.78 is 0. The topological polar surface area (TPSA) is 76.3 Å². The first kappa shape index (κ1) is 15.9. The molecule has 122 valence electrons. The second kappa shape index (κ2) is 7.04. The average molecular weight is 323 g/mol. The molecule has 6 nitrogen and oxygen atoms in total. The Morgan fingerprint density at radius 1 is 1.29 bits per heavy atom. The van der Waals surface area contributed by atoms with Crippen LogP contribution in [-0.4, -0.2) is 27.3 Å². The zero-order chi connectivity index (χ0) is 16.9. The largest absolute Gasteiger partial charge is 0.332 e. The normalized spacial score (nSPS) is 17.3. The van der Waals surface area contributed by atoms with Crippen molar-refractivity contribution in [1.82, 2.24) is 9.88 Å². The zero-order valence-electron chi connectivity index (χ0n) is 13.0. The van der Waals surface area contributed by atoms with Gasteiger partial charge in [0.05, 0.1) is 16.5 Å². The molecule has 1 aliphatic heterocycles. The van der Waals surface area contributed by atoms with Crippen molar-refractivity contribution in [2.45, 2.75) is 18.9 Å². The van der Waals surface area contributed by atoms with Crippen LogP contribution in [0, 0.1) is 10.1 Å². The van der Waals surface area contributed by atoms with E-state index in [4.69, 9.17) is 0 Å². The highest BCUT2D eigenvalue weighted by molar-refractivity contribution is 5.92. The van der Waals surface area contributed by atoms with Crippen LogP contribution in [0.5, 0.6) is 0 Å². The number of amides is 1. The molecule has 2 heterocycles. The first-order valence-electron chi connectivity index (χ1n) is 7.79. The molecular formula is C18H17N3O3. The Bertz CT molecular complexity index is 774. The zero-order valence-corrected chi connectivity index (χ0v) is 13.0. The number of hydrogen-bond donors (Lipinski definition) is 0. The number of benzene rings is 1. The third kappa shape index (κ3) is 3.32. The van der Waals surface area contributed by atoms with Crippen LogP contribution < -0.4 is 0 Å². The van der Waals surface area contributed by atoms with Crippen molar-refractivity contribution in [2.24, 2.45) is 0 Å². The molecule has 1 aromatic heterocycles. The van der Waals surface area contributed by atoms with Crippen LogP contribution in [0.25, 0.3) is 6.08 Å². The predicted octanol–water partition coefficient (Wildman–Crippen LogP) is 3.37. The third-order valence-electron chi connectivity index (χ3n) is 4.14. The van der Waals surface area contributed by atoms with Crippen molar-refractivity contribution >= 4 is 17.7 Å². The van der Waals surface area contributed by atoms with Crippen molar-refractivity contribution < 1.29 is 9.72 Å². The molecule has 0 bridgehead atoms. The van der Waals surface area contributed by atoms with Crippen LogP contribution >= 0.6 is 0 Å². The van der Waals surface area contributed by atoms with Crippen LogP contribution in [0.15, 0.2) is 54.9 Å². The van der Waals surface area contributed by atoms with E-state index in [9.17, 15) is 14.9 Å². The van der Waals surface area contributed by atoms with E-state index in [1.54, 1.807) is 35.5 Å². The number of nitrogens with zero attached hydrogens (tertiary/aromatic N) is 3. The molecule has 1 saturated heterocycles. The SMILES string of the molecule is O=C(C=Cc1ccccc1[N+](=O)[O-])N1CCCC1c1cccnc1. The fraction of sp³-hybridized carbons (Fsp3) is 0.222. The predicted molar refractivity (Wildman–Crippen MR) is 90.1 cm³/mol. The van der Waals surface area contributed by atoms with E-state index in [2.05, 4.69) is 4.98 Å². The summed E-state index contributed by atoms with van der Waals surface area (Å²) in [6.07, 6.45) is 8.25. The summed E-state index contributed by atoms with van der Waals surface area (Å²) in [5.74, 6) is -0.139. The summed E-state index contributed by atoms with van der Waals surface area (Å²) in [4.78, 5) is 29.0. The van der Waals surface area contributed by atoms with Crippen molar-refractivity contribution in [1.29, 1.82) is 0 Å². The smallest absolute Gasteiger partial charge is 0.276 e. The monoisotopic (exact) mass is 323 g/mol. The summed E-state index contributed by atoms with van der Waals surface area (Å²) in [5, 5.41) is 11.0. The Kier molecular flexibility index (Phi) is 4.65. The molecule has 6 heteroatoms. The molecule has 0 radical (unpaired) electrons. The number of nitro groups is 1. The van der Waals surface area contributed by atoms with Gasteiger partial charge < -0.3 is 4.90 Å². The highest BCUT2D eigenvalue weighted by Crippen LogP contribution is 2.31. The maximum absolute atomic E-state index is 12.5. The van der Waals surface area contributed by atoms with E-state index in [-0.39, 0.29) is 17.6 Å². The molecule has 1 unspecified atom stereocenters. The van der Waals surface area contributed by atoms with E-state index in [1.807, 2.05) is 12.1 Å². The number of hydrogen-bond acceptors (Lipinski definition) is 4.